The van der Waals surface area contributed by atoms with Crippen LogP contribution in [0.5, 0.6) is 0 Å². The number of nitrogens with zero attached hydrogens (tertiary/aromatic N) is 1. The lowest BCUT2D eigenvalue weighted by molar-refractivity contribution is 0.539. The molecule has 1 unspecified atom stereocenters. The Morgan fingerprint density at radius 3 is 2.78 bits per heavy atom. The molecule has 2 heterocycles. The average molecular weight is 326 g/mol. The first kappa shape index (κ1) is 13.7. The van der Waals surface area contributed by atoms with Crippen molar-refractivity contribution in [3.63, 3.8) is 0 Å². The topological polar surface area (TPSA) is 50.9 Å². The summed E-state index contributed by atoms with van der Waals surface area (Å²) in [5.41, 5.74) is 3.80. The number of hydrogen-bond donors (Lipinski definition) is 2. The summed E-state index contributed by atoms with van der Waals surface area (Å²) in [7, 11) is 0. The molecule has 96 valence electrons. The van der Waals surface area contributed by atoms with Gasteiger partial charge in [0.2, 0.25) is 0 Å². The zero-order valence-electron chi connectivity index (χ0n) is 10.2. The number of rotatable bonds is 5. The number of aryl methyl sites for hydroxylation is 1. The number of pyridine rings is 1. The minimum absolute atomic E-state index is 0.0314. The highest BCUT2D eigenvalue weighted by atomic mass is 79.9. The normalized spacial score (nSPS) is 12.6. The van der Waals surface area contributed by atoms with Gasteiger partial charge in [-0.05, 0) is 46.6 Å². The quantitative estimate of drug-likeness (QED) is 0.655. The van der Waals surface area contributed by atoms with Crippen molar-refractivity contribution in [3.8, 4) is 0 Å². The standard InChI is InChI=1S/C13H16BrN3S/c1-2-9-5-6-10(18-9)8-12(17-15)13-11(14)4-3-7-16-13/h3-7,12,17H,2,8,15H2,1H3. The van der Waals surface area contributed by atoms with E-state index >= 15 is 0 Å². The first-order chi connectivity index (χ1) is 8.74. The molecular formula is C13H16BrN3S. The highest BCUT2D eigenvalue weighted by Gasteiger charge is 2.15. The van der Waals surface area contributed by atoms with E-state index in [1.54, 1.807) is 6.20 Å². The maximum atomic E-state index is 5.65. The lowest BCUT2D eigenvalue weighted by atomic mass is 10.1. The van der Waals surface area contributed by atoms with Crippen molar-refractivity contribution in [1.29, 1.82) is 0 Å². The number of thiophene rings is 1. The van der Waals surface area contributed by atoms with Crippen molar-refractivity contribution in [3.05, 3.63) is 50.4 Å². The third kappa shape index (κ3) is 3.17. The van der Waals surface area contributed by atoms with Gasteiger partial charge in [0, 0.05) is 26.8 Å². The second-order valence-electron chi connectivity index (χ2n) is 4.02. The Labute approximate surface area is 120 Å². The van der Waals surface area contributed by atoms with Crippen molar-refractivity contribution in [2.24, 2.45) is 5.84 Å². The summed E-state index contributed by atoms with van der Waals surface area (Å²) in [6, 6.07) is 8.27. The van der Waals surface area contributed by atoms with Crippen LogP contribution >= 0.6 is 27.3 Å². The van der Waals surface area contributed by atoms with Gasteiger partial charge >= 0.3 is 0 Å². The summed E-state index contributed by atoms with van der Waals surface area (Å²) in [5.74, 6) is 5.65. The van der Waals surface area contributed by atoms with Crippen LogP contribution in [0.15, 0.2) is 34.9 Å². The van der Waals surface area contributed by atoms with Crippen LogP contribution in [0.25, 0.3) is 0 Å². The van der Waals surface area contributed by atoms with Gasteiger partial charge in [-0.25, -0.2) is 0 Å². The molecule has 0 aliphatic carbocycles. The Balaban J connectivity index is 2.17. The van der Waals surface area contributed by atoms with Gasteiger partial charge in [0.15, 0.2) is 0 Å². The Morgan fingerprint density at radius 2 is 2.17 bits per heavy atom. The van der Waals surface area contributed by atoms with Crippen LogP contribution < -0.4 is 11.3 Å². The molecule has 3 nitrogen and oxygen atoms in total. The average Bonchev–Trinajstić information content (AvgIpc) is 2.85. The van der Waals surface area contributed by atoms with Crippen molar-refractivity contribution < 1.29 is 0 Å². The van der Waals surface area contributed by atoms with Crippen LogP contribution in [0.2, 0.25) is 0 Å². The molecule has 0 bridgehead atoms. The minimum Gasteiger partial charge on any atom is -0.271 e. The van der Waals surface area contributed by atoms with Gasteiger partial charge in [-0.2, -0.15) is 0 Å². The molecule has 2 rings (SSSR count). The van der Waals surface area contributed by atoms with Crippen LogP contribution in [0.3, 0.4) is 0 Å². The fourth-order valence-corrected chi connectivity index (χ4v) is 3.35. The maximum Gasteiger partial charge on any atom is 0.0732 e. The van der Waals surface area contributed by atoms with E-state index in [2.05, 4.69) is 45.4 Å². The van der Waals surface area contributed by atoms with Crippen molar-refractivity contribution in [2.45, 2.75) is 25.8 Å². The first-order valence-electron chi connectivity index (χ1n) is 5.88. The summed E-state index contributed by atoms with van der Waals surface area (Å²) >= 11 is 5.35. The number of halogens is 1. The Kier molecular flexibility index (Phi) is 4.88. The molecule has 1 atom stereocenters. The molecule has 3 N–H and O–H groups in total. The summed E-state index contributed by atoms with van der Waals surface area (Å²) < 4.78 is 0.986. The molecule has 0 saturated heterocycles. The van der Waals surface area contributed by atoms with E-state index in [1.807, 2.05) is 23.5 Å². The number of hydrogen-bond acceptors (Lipinski definition) is 4. The highest BCUT2D eigenvalue weighted by molar-refractivity contribution is 9.10. The molecule has 5 heteroatoms. The molecule has 2 aromatic rings. The molecule has 0 fully saturated rings. The maximum absolute atomic E-state index is 5.65. The Morgan fingerprint density at radius 1 is 1.39 bits per heavy atom. The SMILES string of the molecule is CCc1ccc(CC(NN)c2ncccc2Br)s1. The van der Waals surface area contributed by atoms with Gasteiger partial charge in [0.1, 0.15) is 0 Å². The Hall–Kier alpha value is -0.750. The Bertz CT molecular complexity index is 512. The van der Waals surface area contributed by atoms with Crippen LogP contribution in [0, 0.1) is 0 Å². The van der Waals surface area contributed by atoms with E-state index in [9.17, 15) is 0 Å². The molecule has 0 radical (unpaired) electrons. The third-order valence-corrected chi connectivity index (χ3v) is 4.71. The predicted molar refractivity (Wildman–Crippen MR) is 79.4 cm³/mol. The van der Waals surface area contributed by atoms with Gasteiger partial charge in [-0.1, -0.05) is 6.92 Å². The molecule has 0 aliphatic rings. The summed E-state index contributed by atoms with van der Waals surface area (Å²) in [6.45, 7) is 2.17. The summed E-state index contributed by atoms with van der Waals surface area (Å²) in [5, 5.41) is 0. The fraction of sp³-hybridized carbons (Fsp3) is 0.308. The van der Waals surface area contributed by atoms with Crippen LogP contribution in [-0.4, -0.2) is 4.98 Å². The number of nitrogens with one attached hydrogen (secondary N) is 1. The van der Waals surface area contributed by atoms with Crippen molar-refractivity contribution >= 4 is 27.3 Å². The van der Waals surface area contributed by atoms with E-state index < -0.39 is 0 Å². The predicted octanol–water partition coefficient (Wildman–Crippen LogP) is 3.22. The van der Waals surface area contributed by atoms with Crippen molar-refractivity contribution in [2.75, 3.05) is 0 Å². The third-order valence-electron chi connectivity index (χ3n) is 2.79. The summed E-state index contributed by atoms with van der Waals surface area (Å²) in [4.78, 5) is 7.12. The first-order valence-corrected chi connectivity index (χ1v) is 7.49. The van der Waals surface area contributed by atoms with Gasteiger partial charge in [-0.15, -0.1) is 11.3 Å². The van der Waals surface area contributed by atoms with E-state index in [0.717, 1.165) is 23.0 Å². The molecule has 18 heavy (non-hydrogen) atoms. The summed E-state index contributed by atoms with van der Waals surface area (Å²) in [6.07, 6.45) is 3.73. The molecule has 0 saturated carbocycles. The zero-order valence-corrected chi connectivity index (χ0v) is 12.6. The van der Waals surface area contributed by atoms with E-state index in [-0.39, 0.29) is 6.04 Å². The van der Waals surface area contributed by atoms with E-state index in [4.69, 9.17) is 5.84 Å². The number of hydrazine groups is 1. The zero-order chi connectivity index (χ0) is 13.0. The number of aromatic nitrogens is 1. The smallest absolute Gasteiger partial charge is 0.0732 e. The second kappa shape index (κ2) is 6.43. The lowest BCUT2D eigenvalue weighted by Crippen LogP contribution is -2.30. The van der Waals surface area contributed by atoms with E-state index in [0.29, 0.717) is 0 Å². The van der Waals surface area contributed by atoms with E-state index in [1.165, 1.54) is 9.75 Å². The monoisotopic (exact) mass is 325 g/mol. The molecule has 0 aliphatic heterocycles. The van der Waals surface area contributed by atoms with Crippen LogP contribution in [-0.2, 0) is 12.8 Å². The number of nitrogens with two attached hydrogens (primary N) is 1. The highest BCUT2D eigenvalue weighted by Crippen LogP contribution is 2.26. The molecule has 0 aromatic carbocycles. The van der Waals surface area contributed by atoms with Gasteiger partial charge in [-0.3, -0.25) is 16.3 Å². The van der Waals surface area contributed by atoms with Crippen LogP contribution in [0.1, 0.15) is 28.4 Å². The molecule has 0 spiro atoms. The van der Waals surface area contributed by atoms with Gasteiger partial charge < -0.3 is 0 Å². The van der Waals surface area contributed by atoms with Crippen molar-refractivity contribution in [1.82, 2.24) is 10.4 Å². The van der Waals surface area contributed by atoms with Crippen LogP contribution in [0.4, 0.5) is 0 Å². The largest absolute Gasteiger partial charge is 0.271 e. The second-order valence-corrected chi connectivity index (χ2v) is 6.12. The molecular weight excluding hydrogens is 310 g/mol. The van der Waals surface area contributed by atoms with Gasteiger partial charge in [0.25, 0.3) is 0 Å². The molecule has 2 aromatic heterocycles. The molecule has 0 amide bonds. The fourth-order valence-electron chi connectivity index (χ4n) is 1.81. The van der Waals surface area contributed by atoms with Gasteiger partial charge in [0.05, 0.1) is 11.7 Å². The minimum atomic E-state index is 0.0314. The lowest BCUT2D eigenvalue weighted by Gasteiger charge is -2.15.